The van der Waals surface area contributed by atoms with Crippen molar-refractivity contribution < 1.29 is 14.1 Å². The maximum absolute atomic E-state index is 10.6. The molecule has 84 valence electrons. The molecular weight excluding hydrogens is 216 g/mol. The Morgan fingerprint density at radius 1 is 1.35 bits per heavy atom. The number of aliphatic imine (C=N–C) groups is 1. The topological polar surface area (TPSA) is 59.0 Å². The Kier molecular flexibility index (Phi) is 4.09. The molecule has 1 saturated heterocycles. The predicted molar refractivity (Wildman–Crippen MR) is 64.0 cm³/mol. The van der Waals surface area contributed by atoms with E-state index in [0.29, 0.717) is 27.3 Å². The summed E-state index contributed by atoms with van der Waals surface area (Å²) in [5, 5.41) is 0. The zero-order valence-electron chi connectivity index (χ0n) is 9.28. The average molecular weight is 227 g/mol. The van der Waals surface area contributed by atoms with E-state index in [-0.39, 0.29) is 17.7 Å². The van der Waals surface area contributed by atoms with Crippen molar-refractivity contribution in [3.63, 3.8) is 0 Å². The van der Waals surface area contributed by atoms with E-state index in [0.717, 1.165) is 5.56 Å². The van der Waals surface area contributed by atoms with Crippen molar-refractivity contribution in [1.82, 2.24) is 0 Å². The molecule has 1 aliphatic rings. The van der Waals surface area contributed by atoms with Gasteiger partial charge < -0.3 is 0 Å². The summed E-state index contributed by atoms with van der Waals surface area (Å²) < 4.78 is 26.3. The molecule has 6 heteroatoms. The zero-order chi connectivity index (χ0) is 12.1. The second kappa shape index (κ2) is 5.77. The Labute approximate surface area is 101 Å². The number of hydrogen-bond acceptors (Lipinski definition) is 4. The molecule has 0 N–H and O–H groups in total. The summed E-state index contributed by atoms with van der Waals surface area (Å²) in [5.41, 5.74) is 1.06. The van der Waals surface area contributed by atoms with Gasteiger partial charge in [0.25, 0.3) is 0 Å². The summed E-state index contributed by atoms with van der Waals surface area (Å²) in [6.45, 7) is 0.645. The zero-order valence-corrected chi connectivity index (χ0v) is 9.28. The van der Waals surface area contributed by atoms with Gasteiger partial charge >= 0.3 is 100 Å². The van der Waals surface area contributed by atoms with Gasteiger partial charge in [-0.3, -0.25) is 0 Å². The van der Waals surface area contributed by atoms with E-state index in [1.807, 2.05) is 30.3 Å². The van der Waals surface area contributed by atoms with Crippen molar-refractivity contribution in [3.05, 3.63) is 35.9 Å². The molecule has 0 amide bonds. The van der Waals surface area contributed by atoms with Crippen LogP contribution in [0.15, 0.2) is 35.3 Å². The fraction of sp³-hybridized carbons (Fsp3) is 0.364. The van der Waals surface area contributed by atoms with Gasteiger partial charge in [-0.25, -0.2) is 0 Å². The van der Waals surface area contributed by atoms with Gasteiger partial charge in [-0.15, -0.1) is 0 Å². The molecule has 1 aliphatic heterocycles. The van der Waals surface area contributed by atoms with Crippen LogP contribution in [0, 0.1) is 0 Å². The van der Waals surface area contributed by atoms with Crippen LogP contribution in [-0.4, -0.2) is 38.6 Å². The minimum atomic E-state index is -0.150. The van der Waals surface area contributed by atoms with Crippen LogP contribution in [0.5, 0.6) is 0 Å². The quantitative estimate of drug-likeness (QED) is 0.402. The van der Waals surface area contributed by atoms with Gasteiger partial charge in [0.15, 0.2) is 0 Å². The molecule has 0 aromatic heterocycles. The summed E-state index contributed by atoms with van der Waals surface area (Å²) in [6.07, 6.45) is 0.710. The maximum atomic E-state index is 10.6. The number of rotatable bonds is 6. The van der Waals surface area contributed by atoms with E-state index < -0.39 is 0 Å². The standard InChI is InChI=1S/C11H11B2NO3/c15-12-11(13-16)14-9(10-7-17-10)6-8-4-2-1-3-5-8/h1-5,9-10H,6-7H2. The fourth-order valence-electron chi connectivity index (χ4n) is 1.67. The van der Waals surface area contributed by atoms with Gasteiger partial charge in [-0.05, 0) is 0 Å². The second-order valence-electron chi connectivity index (χ2n) is 3.92. The van der Waals surface area contributed by atoms with E-state index in [1.165, 1.54) is 0 Å². The van der Waals surface area contributed by atoms with Crippen molar-refractivity contribution in [3.8, 4) is 0 Å². The SMILES string of the molecule is O=BC(B=O)=NC(Cc1ccccc1)C1CO1. The van der Waals surface area contributed by atoms with E-state index in [9.17, 15) is 9.41 Å². The molecule has 0 bridgehead atoms. The molecule has 1 fully saturated rings. The van der Waals surface area contributed by atoms with Crippen molar-refractivity contribution in [2.24, 2.45) is 4.99 Å². The molecule has 0 saturated carbocycles. The second-order valence-corrected chi connectivity index (χ2v) is 3.92. The molecular formula is C11H11B2NO3. The minimum absolute atomic E-state index is 0.0325. The van der Waals surface area contributed by atoms with Gasteiger partial charge in [-0.1, -0.05) is 0 Å². The van der Waals surface area contributed by atoms with Crippen LogP contribution in [0.4, 0.5) is 0 Å². The molecule has 0 radical (unpaired) electrons. The van der Waals surface area contributed by atoms with Crippen LogP contribution >= 0.6 is 0 Å². The van der Waals surface area contributed by atoms with Gasteiger partial charge in [-0.2, -0.15) is 0 Å². The number of nitrogens with zero attached hydrogens (tertiary/aromatic N) is 1. The summed E-state index contributed by atoms with van der Waals surface area (Å²) in [4.78, 5) is 4.13. The predicted octanol–water partition coefficient (Wildman–Crippen LogP) is 0.452. The van der Waals surface area contributed by atoms with Crippen LogP contribution in [-0.2, 0) is 20.6 Å². The van der Waals surface area contributed by atoms with Crippen LogP contribution in [0.2, 0.25) is 0 Å². The average Bonchev–Trinajstić information content (AvgIpc) is 3.20. The summed E-state index contributed by atoms with van der Waals surface area (Å²) in [6, 6.07) is 9.67. The van der Waals surface area contributed by atoms with Gasteiger partial charge in [0.1, 0.15) is 0 Å². The van der Waals surface area contributed by atoms with Gasteiger partial charge in [0.2, 0.25) is 0 Å². The first-order valence-corrected chi connectivity index (χ1v) is 5.47. The normalized spacial score (nSPS) is 18.7. The molecule has 2 unspecified atom stereocenters. The van der Waals surface area contributed by atoms with Crippen molar-refractivity contribution in [2.75, 3.05) is 6.61 Å². The first-order chi connectivity index (χ1) is 8.33. The summed E-state index contributed by atoms with van der Waals surface area (Å²) in [5.74, 6) is 0. The Morgan fingerprint density at radius 2 is 2.00 bits per heavy atom. The first kappa shape index (κ1) is 12.0. The van der Waals surface area contributed by atoms with E-state index >= 15 is 0 Å². The van der Waals surface area contributed by atoms with Crippen LogP contribution < -0.4 is 0 Å². The monoisotopic (exact) mass is 227 g/mol. The molecule has 0 aliphatic carbocycles. The summed E-state index contributed by atoms with van der Waals surface area (Å²) in [7, 11) is 0.959. The summed E-state index contributed by atoms with van der Waals surface area (Å²) >= 11 is 0. The van der Waals surface area contributed by atoms with Crippen molar-refractivity contribution in [1.29, 1.82) is 0 Å². The Morgan fingerprint density at radius 3 is 2.53 bits per heavy atom. The van der Waals surface area contributed by atoms with Gasteiger partial charge in [0.05, 0.1) is 0 Å². The van der Waals surface area contributed by atoms with E-state index in [2.05, 4.69) is 4.99 Å². The number of ether oxygens (including phenoxy) is 1. The number of benzene rings is 1. The molecule has 0 spiro atoms. The molecule has 2 rings (SSSR count). The molecule has 2 atom stereocenters. The van der Waals surface area contributed by atoms with Crippen LogP contribution in [0.1, 0.15) is 5.56 Å². The number of epoxide rings is 1. The van der Waals surface area contributed by atoms with Gasteiger partial charge in [0, 0.05) is 0 Å². The van der Waals surface area contributed by atoms with Crippen LogP contribution in [0.3, 0.4) is 0 Å². The molecule has 1 aromatic carbocycles. The van der Waals surface area contributed by atoms with Crippen molar-refractivity contribution >= 4 is 19.8 Å². The third kappa shape index (κ3) is 3.53. The molecule has 1 heterocycles. The van der Waals surface area contributed by atoms with E-state index in [1.54, 1.807) is 0 Å². The molecule has 1 aromatic rings. The molecule has 17 heavy (non-hydrogen) atoms. The van der Waals surface area contributed by atoms with E-state index in [4.69, 9.17) is 4.74 Å². The first-order valence-electron chi connectivity index (χ1n) is 5.47. The van der Waals surface area contributed by atoms with Crippen molar-refractivity contribution in [2.45, 2.75) is 18.6 Å². The third-order valence-electron chi connectivity index (χ3n) is 2.63. The number of hydrogen-bond donors (Lipinski definition) is 0. The fourth-order valence-corrected chi connectivity index (χ4v) is 1.67. The third-order valence-corrected chi connectivity index (χ3v) is 2.63. The Hall–Kier alpha value is -1.42. The Bertz CT molecular complexity index is 422. The van der Waals surface area contributed by atoms with Crippen LogP contribution in [0.25, 0.3) is 0 Å². The molecule has 4 nitrogen and oxygen atoms in total. The Balaban J connectivity index is 2.10.